The quantitative estimate of drug-likeness (QED) is 0.690. The summed E-state index contributed by atoms with van der Waals surface area (Å²) in [5, 5.41) is 4.19. The third-order valence-electron chi connectivity index (χ3n) is 5.00. The molecule has 1 aliphatic carbocycles. The summed E-state index contributed by atoms with van der Waals surface area (Å²) in [4.78, 5) is 31.2. The second kappa shape index (κ2) is 7.71. The van der Waals surface area contributed by atoms with Crippen LogP contribution in [0.15, 0.2) is 24.5 Å². The zero-order valence-electron chi connectivity index (χ0n) is 17.5. The molecule has 0 aromatic carbocycles. The highest BCUT2D eigenvalue weighted by atomic mass is 32.1. The van der Waals surface area contributed by atoms with Crippen molar-refractivity contribution in [3.63, 3.8) is 0 Å². The van der Waals surface area contributed by atoms with Gasteiger partial charge in [0.2, 0.25) is 5.91 Å². The summed E-state index contributed by atoms with van der Waals surface area (Å²) in [6.45, 7) is 9.02. The first kappa shape index (κ1) is 19.8. The van der Waals surface area contributed by atoms with Crippen molar-refractivity contribution in [2.45, 2.75) is 52.5 Å². The minimum absolute atomic E-state index is 0.000847. The Morgan fingerprint density at radius 1 is 1.28 bits per heavy atom. The topological polar surface area (TPSA) is 71.0 Å². The van der Waals surface area contributed by atoms with Crippen molar-refractivity contribution in [3.8, 4) is 11.4 Å². The molecule has 0 bridgehead atoms. The van der Waals surface area contributed by atoms with Crippen molar-refractivity contribution in [1.29, 1.82) is 0 Å². The molecule has 0 radical (unpaired) electrons. The van der Waals surface area contributed by atoms with Crippen LogP contribution in [-0.2, 0) is 17.6 Å². The number of thiophene rings is 1. The van der Waals surface area contributed by atoms with E-state index in [9.17, 15) is 4.79 Å². The number of carbonyl (C=O) groups is 1. The lowest BCUT2D eigenvalue weighted by Gasteiger charge is -2.26. The lowest BCUT2D eigenvalue weighted by Crippen LogP contribution is -2.46. The van der Waals surface area contributed by atoms with Gasteiger partial charge >= 0.3 is 0 Å². The van der Waals surface area contributed by atoms with Crippen molar-refractivity contribution >= 4 is 33.3 Å². The van der Waals surface area contributed by atoms with E-state index in [0.29, 0.717) is 12.4 Å². The second-order valence-electron chi connectivity index (χ2n) is 8.46. The predicted molar refractivity (Wildman–Crippen MR) is 118 cm³/mol. The standard InChI is InChI=1S/C22H27N5OS/c1-5-27(13-17(28)26-22(2,3)4)20-18-15-9-6-10-16(15)29-21(18)25-19(24-20)14-8-7-11-23-12-14/h7-8,11-12H,5-6,9-10,13H2,1-4H3,(H,26,28). The van der Waals surface area contributed by atoms with Crippen LogP contribution in [0.4, 0.5) is 5.82 Å². The number of hydrogen-bond donors (Lipinski definition) is 1. The highest BCUT2D eigenvalue weighted by Gasteiger charge is 2.26. The fourth-order valence-corrected chi connectivity index (χ4v) is 5.05. The Morgan fingerprint density at radius 3 is 2.79 bits per heavy atom. The summed E-state index contributed by atoms with van der Waals surface area (Å²) < 4.78 is 0. The van der Waals surface area contributed by atoms with Crippen LogP contribution >= 0.6 is 11.3 Å². The van der Waals surface area contributed by atoms with Crippen LogP contribution in [0.5, 0.6) is 0 Å². The van der Waals surface area contributed by atoms with Gasteiger partial charge in [-0.3, -0.25) is 9.78 Å². The number of amides is 1. The minimum Gasteiger partial charge on any atom is -0.350 e. The van der Waals surface area contributed by atoms with Gasteiger partial charge in [-0.1, -0.05) is 0 Å². The van der Waals surface area contributed by atoms with E-state index in [2.05, 4.69) is 22.1 Å². The Labute approximate surface area is 175 Å². The van der Waals surface area contributed by atoms with Crippen molar-refractivity contribution in [3.05, 3.63) is 35.0 Å². The molecule has 0 unspecified atom stereocenters. The number of rotatable bonds is 5. The third-order valence-corrected chi connectivity index (χ3v) is 6.18. The molecule has 0 atom stereocenters. The maximum absolute atomic E-state index is 12.7. The number of nitrogens with one attached hydrogen (secondary N) is 1. The van der Waals surface area contributed by atoms with Crippen LogP contribution in [0.2, 0.25) is 0 Å². The molecule has 0 saturated heterocycles. The normalized spacial score (nSPS) is 13.5. The highest BCUT2D eigenvalue weighted by molar-refractivity contribution is 7.19. The number of anilines is 1. The third kappa shape index (κ3) is 4.10. The van der Waals surface area contributed by atoms with Gasteiger partial charge in [0.1, 0.15) is 10.6 Å². The summed E-state index contributed by atoms with van der Waals surface area (Å²) in [5.41, 5.74) is 1.99. The molecule has 29 heavy (non-hydrogen) atoms. The number of nitrogens with zero attached hydrogens (tertiary/aromatic N) is 4. The molecule has 152 valence electrons. The maximum Gasteiger partial charge on any atom is 0.239 e. The van der Waals surface area contributed by atoms with E-state index in [1.807, 2.05) is 32.9 Å². The Hall–Kier alpha value is -2.54. The van der Waals surface area contributed by atoms with E-state index < -0.39 is 0 Å². The number of likely N-dealkylation sites (N-methyl/N-ethyl adjacent to an activating group) is 1. The molecule has 1 N–H and O–H groups in total. The van der Waals surface area contributed by atoms with E-state index in [1.165, 1.54) is 16.9 Å². The van der Waals surface area contributed by atoms with E-state index in [4.69, 9.17) is 9.97 Å². The molecule has 6 nitrogen and oxygen atoms in total. The summed E-state index contributed by atoms with van der Waals surface area (Å²) >= 11 is 1.77. The fourth-order valence-electron chi connectivity index (χ4n) is 3.80. The van der Waals surface area contributed by atoms with Crippen LogP contribution in [0.3, 0.4) is 0 Å². The van der Waals surface area contributed by atoms with E-state index >= 15 is 0 Å². The molecule has 1 aliphatic rings. The molecule has 1 amide bonds. The van der Waals surface area contributed by atoms with Crippen LogP contribution in [-0.4, -0.2) is 39.5 Å². The number of aromatic nitrogens is 3. The average molecular weight is 410 g/mol. The Morgan fingerprint density at radius 2 is 2.10 bits per heavy atom. The van der Waals surface area contributed by atoms with Crippen LogP contribution < -0.4 is 10.2 Å². The van der Waals surface area contributed by atoms with Crippen molar-refractivity contribution in [2.75, 3.05) is 18.0 Å². The van der Waals surface area contributed by atoms with Crippen molar-refractivity contribution in [2.24, 2.45) is 0 Å². The highest BCUT2D eigenvalue weighted by Crippen LogP contribution is 2.41. The van der Waals surface area contributed by atoms with E-state index in [-0.39, 0.29) is 18.0 Å². The molecule has 0 saturated carbocycles. The zero-order valence-corrected chi connectivity index (χ0v) is 18.3. The first-order valence-corrected chi connectivity index (χ1v) is 11.0. The maximum atomic E-state index is 12.7. The molecule has 3 aromatic heterocycles. The summed E-state index contributed by atoms with van der Waals surface area (Å²) in [5.74, 6) is 1.52. The SMILES string of the molecule is CCN(CC(=O)NC(C)(C)C)c1nc(-c2cccnc2)nc2sc3c(c12)CCC3. The number of hydrogen-bond acceptors (Lipinski definition) is 6. The number of carbonyl (C=O) groups excluding carboxylic acids is 1. The average Bonchev–Trinajstić information content (AvgIpc) is 3.25. The molecule has 0 fully saturated rings. The second-order valence-corrected chi connectivity index (χ2v) is 9.55. The Kier molecular flexibility index (Phi) is 5.25. The van der Waals surface area contributed by atoms with Crippen molar-refractivity contribution < 1.29 is 4.79 Å². The first-order valence-electron chi connectivity index (χ1n) is 10.1. The van der Waals surface area contributed by atoms with Gasteiger partial charge < -0.3 is 10.2 Å². The van der Waals surface area contributed by atoms with E-state index in [0.717, 1.165) is 34.4 Å². The molecule has 7 heteroatoms. The van der Waals surface area contributed by atoms with Gasteiger partial charge in [-0.25, -0.2) is 9.97 Å². The van der Waals surface area contributed by atoms with Gasteiger partial charge in [-0.2, -0.15) is 0 Å². The molecular formula is C22H27N5OS. The smallest absolute Gasteiger partial charge is 0.239 e. The van der Waals surface area contributed by atoms with Gasteiger partial charge in [0.15, 0.2) is 5.82 Å². The van der Waals surface area contributed by atoms with E-state index in [1.54, 1.807) is 23.7 Å². The lowest BCUT2D eigenvalue weighted by molar-refractivity contribution is -0.121. The van der Waals surface area contributed by atoms with Gasteiger partial charge in [-0.15, -0.1) is 11.3 Å². The van der Waals surface area contributed by atoms with Gasteiger partial charge in [-0.05, 0) is 64.7 Å². The van der Waals surface area contributed by atoms with Crippen LogP contribution in [0.1, 0.15) is 44.6 Å². The first-order chi connectivity index (χ1) is 13.9. The molecule has 0 aliphatic heterocycles. The largest absolute Gasteiger partial charge is 0.350 e. The molecular weight excluding hydrogens is 382 g/mol. The van der Waals surface area contributed by atoms with Crippen LogP contribution in [0, 0.1) is 0 Å². The molecule has 0 spiro atoms. The zero-order chi connectivity index (χ0) is 20.6. The Balaban J connectivity index is 1.81. The van der Waals surface area contributed by atoms with Crippen LogP contribution in [0.25, 0.3) is 21.6 Å². The monoisotopic (exact) mass is 409 g/mol. The Bertz CT molecular complexity index is 1040. The lowest BCUT2D eigenvalue weighted by atomic mass is 10.1. The van der Waals surface area contributed by atoms with Gasteiger partial charge in [0.05, 0.1) is 11.9 Å². The number of aryl methyl sites for hydroxylation is 2. The minimum atomic E-state index is -0.262. The molecule has 3 heterocycles. The fraction of sp³-hybridized carbons (Fsp3) is 0.455. The predicted octanol–water partition coefficient (Wildman–Crippen LogP) is 3.98. The number of pyridine rings is 1. The summed E-state index contributed by atoms with van der Waals surface area (Å²) in [6.07, 6.45) is 6.88. The number of fused-ring (bicyclic) bond motifs is 3. The van der Waals surface area contributed by atoms with Crippen molar-refractivity contribution in [1.82, 2.24) is 20.3 Å². The summed E-state index contributed by atoms with van der Waals surface area (Å²) in [6, 6.07) is 3.87. The molecule has 4 rings (SSSR count). The summed E-state index contributed by atoms with van der Waals surface area (Å²) in [7, 11) is 0. The molecule has 3 aromatic rings. The van der Waals surface area contributed by atoms with Gasteiger partial charge in [0, 0.05) is 34.9 Å². The van der Waals surface area contributed by atoms with Gasteiger partial charge in [0.25, 0.3) is 0 Å².